The van der Waals surface area contributed by atoms with Crippen LogP contribution in [-0.2, 0) is 9.59 Å². The minimum atomic E-state index is -0.282. The topological polar surface area (TPSA) is 77.1 Å². The van der Waals surface area contributed by atoms with Gasteiger partial charge in [-0.25, -0.2) is 0 Å². The zero-order chi connectivity index (χ0) is 20.6. The fourth-order valence-electron chi connectivity index (χ4n) is 3.12. The van der Waals surface area contributed by atoms with Gasteiger partial charge in [0.2, 0.25) is 5.91 Å². The Labute approximate surface area is 170 Å². The molecule has 0 radical (unpaired) electrons. The summed E-state index contributed by atoms with van der Waals surface area (Å²) in [6.07, 6.45) is 1.47. The first-order valence-electron chi connectivity index (χ1n) is 9.83. The van der Waals surface area contributed by atoms with Crippen molar-refractivity contribution in [1.82, 2.24) is 0 Å². The lowest BCUT2D eigenvalue weighted by molar-refractivity contribution is -0.118. The minimum Gasteiger partial charge on any atom is -0.490 e. The second-order valence-corrected chi connectivity index (χ2v) is 6.51. The Bertz CT molecular complexity index is 851. The number of rotatable bonds is 9. The van der Waals surface area contributed by atoms with E-state index in [1.807, 2.05) is 26.0 Å². The summed E-state index contributed by atoms with van der Waals surface area (Å²) in [5.41, 5.74) is 1.45. The largest absolute Gasteiger partial charge is 0.490 e. The summed E-state index contributed by atoms with van der Waals surface area (Å²) in [5, 5.41) is 2.79. The van der Waals surface area contributed by atoms with E-state index < -0.39 is 0 Å². The van der Waals surface area contributed by atoms with E-state index in [2.05, 4.69) is 5.32 Å². The van der Waals surface area contributed by atoms with Crippen LogP contribution in [0.3, 0.4) is 0 Å². The SMILES string of the molecule is CCOc1ccc(NC(=O)COc2ccc(N3CCCC3=O)cc2)cc1OCC. The average Bonchev–Trinajstić information content (AvgIpc) is 3.15. The first-order valence-corrected chi connectivity index (χ1v) is 9.83. The van der Waals surface area contributed by atoms with E-state index in [1.54, 1.807) is 35.2 Å². The van der Waals surface area contributed by atoms with Gasteiger partial charge in [-0.2, -0.15) is 0 Å². The molecule has 7 nitrogen and oxygen atoms in total. The molecule has 1 N–H and O–H groups in total. The molecule has 0 saturated carbocycles. The molecule has 0 bridgehead atoms. The van der Waals surface area contributed by atoms with Gasteiger partial charge in [-0.05, 0) is 56.7 Å². The molecular formula is C22H26N2O5. The monoisotopic (exact) mass is 398 g/mol. The average molecular weight is 398 g/mol. The van der Waals surface area contributed by atoms with Gasteiger partial charge in [0, 0.05) is 30.4 Å². The van der Waals surface area contributed by atoms with Gasteiger partial charge >= 0.3 is 0 Å². The Morgan fingerprint density at radius 3 is 2.38 bits per heavy atom. The summed E-state index contributed by atoms with van der Waals surface area (Å²) in [6.45, 7) is 5.44. The van der Waals surface area contributed by atoms with Crippen molar-refractivity contribution >= 4 is 23.2 Å². The van der Waals surface area contributed by atoms with Gasteiger partial charge in [0.1, 0.15) is 5.75 Å². The zero-order valence-electron chi connectivity index (χ0n) is 16.8. The third kappa shape index (κ3) is 5.40. The van der Waals surface area contributed by atoms with E-state index in [0.717, 1.165) is 18.7 Å². The highest BCUT2D eigenvalue weighted by Crippen LogP contribution is 2.30. The van der Waals surface area contributed by atoms with Crippen LogP contribution in [0.15, 0.2) is 42.5 Å². The molecule has 1 heterocycles. The van der Waals surface area contributed by atoms with Crippen molar-refractivity contribution in [3.05, 3.63) is 42.5 Å². The summed E-state index contributed by atoms with van der Waals surface area (Å²) in [7, 11) is 0. The molecule has 1 saturated heterocycles. The Morgan fingerprint density at radius 1 is 1.00 bits per heavy atom. The molecule has 2 aromatic rings. The van der Waals surface area contributed by atoms with Crippen LogP contribution < -0.4 is 24.4 Å². The van der Waals surface area contributed by atoms with Crippen molar-refractivity contribution in [2.24, 2.45) is 0 Å². The second-order valence-electron chi connectivity index (χ2n) is 6.51. The predicted octanol–water partition coefficient (Wildman–Crippen LogP) is 3.63. The number of benzene rings is 2. The molecule has 0 aliphatic carbocycles. The van der Waals surface area contributed by atoms with Crippen LogP contribution in [0.1, 0.15) is 26.7 Å². The smallest absolute Gasteiger partial charge is 0.262 e. The maximum atomic E-state index is 12.2. The quantitative estimate of drug-likeness (QED) is 0.698. The summed E-state index contributed by atoms with van der Waals surface area (Å²) >= 11 is 0. The van der Waals surface area contributed by atoms with Crippen LogP contribution in [0.5, 0.6) is 17.2 Å². The van der Waals surface area contributed by atoms with Crippen molar-refractivity contribution in [3.8, 4) is 17.2 Å². The summed E-state index contributed by atoms with van der Waals surface area (Å²) in [5.74, 6) is 1.65. The fraction of sp³-hybridized carbons (Fsp3) is 0.364. The number of carbonyl (C=O) groups excluding carboxylic acids is 2. The lowest BCUT2D eigenvalue weighted by Gasteiger charge is -2.16. The maximum Gasteiger partial charge on any atom is 0.262 e. The minimum absolute atomic E-state index is 0.126. The first kappa shape index (κ1) is 20.5. The highest BCUT2D eigenvalue weighted by molar-refractivity contribution is 5.95. The molecule has 7 heteroatoms. The summed E-state index contributed by atoms with van der Waals surface area (Å²) < 4.78 is 16.6. The standard InChI is InChI=1S/C22H26N2O5/c1-3-27-19-12-7-16(14-20(19)28-4-2)23-21(25)15-29-18-10-8-17(9-11-18)24-13-5-6-22(24)26/h7-12,14H,3-6,13,15H2,1-2H3,(H,23,25). The lowest BCUT2D eigenvalue weighted by Crippen LogP contribution is -2.23. The fourth-order valence-corrected chi connectivity index (χ4v) is 3.12. The van der Waals surface area contributed by atoms with E-state index >= 15 is 0 Å². The molecule has 2 amide bonds. The zero-order valence-corrected chi connectivity index (χ0v) is 16.8. The van der Waals surface area contributed by atoms with Gasteiger partial charge in [0.05, 0.1) is 13.2 Å². The normalized spacial score (nSPS) is 13.3. The molecule has 0 spiro atoms. The van der Waals surface area contributed by atoms with Crippen molar-refractivity contribution in [2.75, 3.05) is 36.6 Å². The molecule has 0 aromatic heterocycles. The highest BCUT2D eigenvalue weighted by Gasteiger charge is 2.21. The van der Waals surface area contributed by atoms with Crippen molar-refractivity contribution in [3.63, 3.8) is 0 Å². The second kappa shape index (κ2) is 9.82. The highest BCUT2D eigenvalue weighted by atomic mass is 16.5. The Hall–Kier alpha value is -3.22. The molecular weight excluding hydrogens is 372 g/mol. The predicted molar refractivity (Wildman–Crippen MR) is 111 cm³/mol. The van der Waals surface area contributed by atoms with Crippen LogP contribution in [0, 0.1) is 0 Å². The van der Waals surface area contributed by atoms with Crippen molar-refractivity contribution < 1.29 is 23.8 Å². The van der Waals surface area contributed by atoms with Gasteiger partial charge in [0.15, 0.2) is 18.1 Å². The van der Waals surface area contributed by atoms with Crippen LogP contribution >= 0.6 is 0 Å². The van der Waals surface area contributed by atoms with Crippen LogP contribution in [0.2, 0.25) is 0 Å². The number of anilines is 2. The van der Waals surface area contributed by atoms with E-state index in [9.17, 15) is 9.59 Å². The Kier molecular flexibility index (Phi) is 6.94. The number of ether oxygens (including phenoxy) is 3. The number of amides is 2. The lowest BCUT2D eigenvalue weighted by atomic mass is 10.2. The Morgan fingerprint density at radius 2 is 1.72 bits per heavy atom. The molecule has 1 fully saturated rings. The molecule has 1 aliphatic heterocycles. The number of hydrogen-bond acceptors (Lipinski definition) is 5. The molecule has 3 rings (SSSR count). The van der Waals surface area contributed by atoms with E-state index in [4.69, 9.17) is 14.2 Å². The van der Waals surface area contributed by atoms with E-state index in [0.29, 0.717) is 42.6 Å². The van der Waals surface area contributed by atoms with E-state index in [1.165, 1.54) is 0 Å². The number of nitrogens with one attached hydrogen (secondary N) is 1. The van der Waals surface area contributed by atoms with Gasteiger partial charge in [-0.1, -0.05) is 0 Å². The number of carbonyl (C=O) groups is 2. The summed E-state index contributed by atoms with van der Waals surface area (Å²) in [6, 6.07) is 12.4. The van der Waals surface area contributed by atoms with Gasteiger partial charge in [-0.15, -0.1) is 0 Å². The molecule has 0 unspecified atom stereocenters. The molecule has 29 heavy (non-hydrogen) atoms. The number of nitrogens with zero attached hydrogens (tertiary/aromatic N) is 1. The van der Waals surface area contributed by atoms with Gasteiger partial charge in [-0.3, -0.25) is 9.59 Å². The maximum absolute atomic E-state index is 12.2. The molecule has 0 atom stereocenters. The Balaban J connectivity index is 1.54. The van der Waals surface area contributed by atoms with Crippen LogP contribution in [0.25, 0.3) is 0 Å². The number of hydrogen-bond donors (Lipinski definition) is 1. The summed E-state index contributed by atoms with van der Waals surface area (Å²) in [4.78, 5) is 25.8. The third-order valence-corrected chi connectivity index (χ3v) is 4.42. The van der Waals surface area contributed by atoms with E-state index in [-0.39, 0.29) is 18.4 Å². The van der Waals surface area contributed by atoms with Gasteiger partial charge < -0.3 is 24.4 Å². The van der Waals surface area contributed by atoms with Crippen molar-refractivity contribution in [1.29, 1.82) is 0 Å². The molecule has 154 valence electrons. The first-order chi connectivity index (χ1) is 14.1. The van der Waals surface area contributed by atoms with Gasteiger partial charge in [0.25, 0.3) is 5.91 Å². The van der Waals surface area contributed by atoms with Crippen LogP contribution in [-0.4, -0.2) is 38.2 Å². The van der Waals surface area contributed by atoms with Crippen molar-refractivity contribution in [2.45, 2.75) is 26.7 Å². The molecule has 2 aromatic carbocycles. The third-order valence-electron chi connectivity index (χ3n) is 4.42. The molecule has 1 aliphatic rings. The van der Waals surface area contributed by atoms with Crippen LogP contribution in [0.4, 0.5) is 11.4 Å².